The highest BCUT2D eigenvalue weighted by Gasteiger charge is 2.20. The van der Waals surface area contributed by atoms with Gasteiger partial charge >= 0.3 is 0 Å². The van der Waals surface area contributed by atoms with Crippen LogP contribution in [0.4, 0.5) is 0 Å². The van der Waals surface area contributed by atoms with Gasteiger partial charge in [0.05, 0.1) is 24.0 Å². The Morgan fingerprint density at radius 3 is 2.70 bits per heavy atom. The molecule has 0 aliphatic rings. The maximum absolute atomic E-state index is 8.67. The molecule has 0 saturated carbocycles. The van der Waals surface area contributed by atoms with Crippen molar-refractivity contribution in [2.45, 2.75) is 19.3 Å². The predicted molar refractivity (Wildman–Crippen MR) is 37.3 cm³/mol. The maximum Gasteiger partial charge on any atom is 0.0950 e. The van der Waals surface area contributed by atoms with Crippen LogP contribution in [0.1, 0.15) is 19.4 Å². The number of rotatable bonds is 1. The third-order valence-electron chi connectivity index (χ3n) is 1.52. The van der Waals surface area contributed by atoms with Gasteiger partial charge in [-0.05, 0) is 19.9 Å². The lowest BCUT2D eigenvalue weighted by Crippen LogP contribution is -2.11. The van der Waals surface area contributed by atoms with E-state index in [1.165, 1.54) is 0 Å². The predicted octanol–water partition coefficient (Wildman–Crippen LogP) is 2.08. The van der Waals surface area contributed by atoms with Gasteiger partial charge in [-0.3, -0.25) is 0 Å². The van der Waals surface area contributed by atoms with Crippen molar-refractivity contribution in [1.29, 1.82) is 5.26 Å². The standard InChI is InChI=1S/C8H9NO/c1-8(2,6-9)7-3-4-10-5-7/h3-5H,1-2H3. The molecule has 0 aliphatic heterocycles. The van der Waals surface area contributed by atoms with Crippen molar-refractivity contribution in [2.75, 3.05) is 0 Å². The third kappa shape index (κ3) is 1.03. The quantitative estimate of drug-likeness (QED) is 0.591. The molecule has 0 spiro atoms. The molecule has 0 aliphatic carbocycles. The summed E-state index contributed by atoms with van der Waals surface area (Å²) in [5.41, 5.74) is 0.502. The van der Waals surface area contributed by atoms with E-state index >= 15 is 0 Å². The molecule has 10 heavy (non-hydrogen) atoms. The van der Waals surface area contributed by atoms with Crippen molar-refractivity contribution in [3.63, 3.8) is 0 Å². The first kappa shape index (κ1) is 6.88. The molecule has 0 unspecified atom stereocenters. The first-order valence-electron chi connectivity index (χ1n) is 3.11. The average molecular weight is 135 g/mol. The topological polar surface area (TPSA) is 36.9 Å². The summed E-state index contributed by atoms with van der Waals surface area (Å²) in [5, 5.41) is 8.67. The molecule has 0 bridgehead atoms. The fraction of sp³-hybridized carbons (Fsp3) is 0.375. The summed E-state index contributed by atoms with van der Waals surface area (Å²) in [6, 6.07) is 3.99. The molecule has 0 aromatic carbocycles. The van der Waals surface area contributed by atoms with E-state index in [1.807, 2.05) is 19.9 Å². The van der Waals surface area contributed by atoms with Crippen LogP contribution in [-0.4, -0.2) is 0 Å². The molecule has 1 rings (SSSR count). The number of hydrogen-bond acceptors (Lipinski definition) is 2. The van der Waals surface area contributed by atoms with E-state index in [9.17, 15) is 0 Å². The van der Waals surface area contributed by atoms with Crippen LogP contribution in [0, 0.1) is 11.3 Å². The van der Waals surface area contributed by atoms with Gasteiger partial charge in [0.1, 0.15) is 0 Å². The van der Waals surface area contributed by atoms with E-state index in [0.717, 1.165) is 5.56 Å². The van der Waals surface area contributed by atoms with Crippen molar-refractivity contribution >= 4 is 0 Å². The van der Waals surface area contributed by atoms with Gasteiger partial charge in [-0.15, -0.1) is 0 Å². The summed E-state index contributed by atoms with van der Waals surface area (Å²) < 4.78 is 4.85. The van der Waals surface area contributed by atoms with Crippen LogP contribution in [0.25, 0.3) is 0 Å². The van der Waals surface area contributed by atoms with Crippen LogP contribution in [-0.2, 0) is 5.41 Å². The van der Waals surface area contributed by atoms with Crippen LogP contribution < -0.4 is 0 Å². The second-order valence-corrected chi connectivity index (χ2v) is 2.75. The molecule has 0 radical (unpaired) electrons. The molecule has 52 valence electrons. The summed E-state index contributed by atoms with van der Waals surface area (Å²) in [4.78, 5) is 0. The normalized spacial score (nSPS) is 10.9. The molecule has 0 N–H and O–H groups in total. The largest absolute Gasteiger partial charge is 0.472 e. The summed E-state index contributed by atoms with van der Waals surface area (Å²) in [7, 11) is 0. The molecule has 2 heteroatoms. The fourth-order valence-electron chi connectivity index (χ4n) is 0.685. The molecule has 0 saturated heterocycles. The number of furan rings is 1. The molecule has 0 amide bonds. The number of nitrogens with zero attached hydrogens (tertiary/aromatic N) is 1. The highest BCUT2D eigenvalue weighted by molar-refractivity contribution is 5.25. The number of hydrogen-bond donors (Lipinski definition) is 0. The minimum atomic E-state index is -0.424. The Kier molecular flexibility index (Phi) is 1.50. The summed E-state index contributed by atoms with van der Waals surface area (Å²) in [6.07, 6.45) is 3.18. The van der Waals surface area contributed by atoms with Gasteiger partial charge in [0.2, 0.25) is 0 Å². The summed E-state index contributed by atoms with van der Waals surface area (Å²) in [6.45, 7) is 3.72. The van der Waals surface area contributed by atoms with Crippen molar-refractivity contribution in [2.24, 2.45) is 0 Å². The molecule has 0 atom stereocenters. The molecule has 1 heterocycles. The molecular formula is C8H9NO. The molecule has 2 nitrogen and oxygen atoms in total. The lowest BCUT2D eigenvalue weighted by Gasteiger charge is -2.10. The van der Waals surface area contributed by atoms with Crippen LogP contribution in [0.3, 0.4) is 0 Å². The Balaban J connectivity index is 2.99. The van der Waals surface area contributed by atoms with Gasteiger partial charge in [-0.2, -0.15) is 5.26 Å². The Morgan fingerprint density at radius 1 is 1.60 bits per heavy atom. The zero-order valence-corrected chi connectivity index (χ0v) is 6.09. The zero-order valence-electron chi connectivity index (χ0n) is 6.09. The lowest BCUT2D eigenvalue weighted by molar-refractivity contribution is 0.554. The molecule has 1 aromatic heterocycles. The van der Waals surface area contributed by atoms with Gasteiger partial charge in [0, 0.05) is 5.56 Å². The second kappa shape index (κ2) is 2.18. The van der Waals surface area contributed by atoms with Crippen molar-refractivity contribution < 1.29 is 4.42 Å². The van der Waals surface area contributed by atoms with Gasteiger partial charge in [-0.1, -0.05) is 0 Å². The first-order chi connectivity index (χ1) is 4.67. The molecule has 0 fully saturated rings. The smallest absolute Gasteiger partial charge is 0.0950 e. The molecule has 1 aromatic rings. The summed E-state index contributed by atoms with van der Waals surface area (Å²) >= 11 is 0. The SMILES string of the molecule is CC(C)(C#N)c1ccoc1. The van der Waals surface area contributed by atoms with E-state index in [1.54, 1.807) is 12.5 Å². The van der Waals surface area contributed by atoms with Gasteiger partial charge in [-0.25, -0.2) is 0 Å². The monoisotopic (exact) mass is 135 g/mol. The van der Waals surface area contributed by atoms with Crippen LogP contribution in [0.15, 0.2) is 23.0 Å². The Hall–Kier alpha value is -1.23. The first-order valence-corrected chi connectivity index (χ1v) is 3.11. The third-order valence-corrected chi connectivity index (χ3v) is 1.52. The summed E-state index contributed by atoms with van der Waals surface area (Å²) in [5.74, 6) is 0. The van der Waals surface area contributed by atoms with Crippen LogP contribution >= 0.6 is 0 Å². The van der Waals surface area contributed by atoms with Crippen molar-refractivity contribution in [3.8, 4) is 6.07 Å². The Labute approximate surface area is 60.1 Å². The van der Waals surface area contributed by atoms with Gasteiger partial charge in [0.25, 0.3) is 0 Å². The average Bonchev–Trinajstić information content (AvgIpc) is 2.38. The van der Waals surface area contributed by atoms with Crippen LogP contribution in [0.2, 0.25) is 0 Å². The van der Waals surface area contributed by atoms with Gasteiger partial charge in [0.15, 0.2) is 0 Å². The zero-order chi connectivity index (χ0) is 7.61. The van der Waals surface area contributed by atoms with Crippen LogP contribution in [0.5, 0.6) is 0 Å². The highest BCUT2D eigenvalue weighted by atomic mass is 16.3. The molecular weight excluding hydrogens is 126 g/mol. The second-order valence-electron chi connectivity index (χ2n) is 2.75. The van der Waals surface area contributed by atoms with E-state index in [2.05, 4.69) is 6.07 Å². The van der Waals surface area contributed by atoms with Crippen molar-refractivity contribution in [3.05, 3.63) is 24.2 Å². The number of nitriles is 1. The van der Waals surface area contributed by atoms with Crippen molar-refractivity contribution in [1.82, 2.24) is 0 Å². The van der Waals surface area contributed by atoms with E-state index < -0.39 is 5.41 Å². The van der Waals surface area contributed by atoms with E-state index in [4.69, 9.17) is 9.68 Å². The fourth-order valence-corrected chi connectivity index (χ4v) is 0.685. The minimum Gasteiger partial charge on any atom is -0.472 e. The maximum atomic E-state index is 8.67. The van der Waals surface area contributed by atoms with E-state index in [-0.39, 0.29) is 0 Å². The Bertz CT molecular complexity index is 241. The lowest BCUT2D eigenvalue weighted by atomic mass is 9.89. The Morgan fingerprint density at radius 2 is 2.30 bits per heavy atom. The highest BCUT2D eigenvalue weighted by Crippen LogP contribution is 2.21. The minimum absolute atomic E-state index is 0.424. The van der Waals surface area contributed by atoms with Gasteiger partial charge < -0.3 is 4.42 Å². The van der Waals surface area contributed by atoms with E-state index in [0.29, 0.717) is 0 Å².